The first-order valence-electron chi connectivity index (χ1n) is 3.79. The Morgan fingerprint density at radius 1 is 1.50 bits per heavy atom. The Kier molecular flexibility index (Phi) is 3.89. The Balaban J connectivity index is 3.10. The lowest BCUT2D eigenvalue weighted by atomic mass is 10.1. The molecule has 0 unspecified atom stereocenters. The lowest BCUT2D eigenvalue weighted by Crippen LogP contribution is -2.02. The minimum atomic E-state index is -0.987. The lowest BCUT2D eigenvalue weighted by Gasteiger charge is -2.05. The number of carbonyl (C=O) groups is 1. The zero-order chi connectivity index (χ0) is 10.7. The van der Waals surface area contributed by atoms with Crippen LogP contribution in [0.5, 0.6) is 0 Å². The normalized spacial score (nSPS) is 10.2. The van der Waals surface area contributed by atoms with Gasteiger partial charge in [-0.15, -0.1) is 0 Å². The summed E-state index contributed by atoms with van der Waals surface area (Å²) in [6.07, 6.45) is -0.195. The summed E-state index contributed by atoms with van der Waals surface area (Å²) in [6.45, 7) is 0. The number of rotatable bonds is 3. The topological polar surface area (TPSA) is 37.3 Å². The van der Waals surface area contributed by atoms with Gasteiger partial charge in [-0.2, -0.15) is 0 Å². The van der Waals surface area contributed by atoms with Crippen molar-refractivity contribution in [3.63, 3.8) is 0 Å². The summed E-state index contributed by atoms with van der Waals surface area (Å²) in [4.78, 5) is 10.4. The van der Waals surface area contributed by atoms with Crippen molar-refractivity contribution in [1.29, 1.82) is 0 Å². The first-order valence-corrected chi connectivity index (χ1v) is 5.29. The molecule has 0 aliphatic rings. The van der Waals surface area contributed by atoms with Crippen LogP contribution in [0.3, 0.4) is 0 Å². The zero-order valence-electron chi connectivity index (χ0n) is 7.06. The number of alkyl halides is 1. The quantitative estimate of drug-likeness (QED) is 0.865. The van der Waals surface area contributed by atoms with Gasteiger partial charge in [-0.25, -0.2) is 4.39 Å². The van der Waals surface area contributed by atoms with Crippen LogP contribution in [0.25, 0.3) is 0 Å². The van der Waals surface area contributed by atoms with Crippen molar-refractivity contribution >= 4 is 33.5 Å². The molecule has 1 aromatic carbocycles. The monoisotopic (exact) mass is 280 g/mol. The van der Waals surface area contributed by atoms with E-state index in [-0.39, 0.29) is 11.4 Å². The zero-order valence-corrected chi connectivity index (χ0v) is 9.40. The van der Waals surface area contributed by atoms with Crippen LogP contribution in [0.15, 0.2) is 12.1 Å². The van der Waals surface area contributed by atoms with Gasteiger partial charge in [-0.05, 0) is 23.3 Å². The van der Waals surface area contributed by atoms with Gasteiger partial charge in [0, 0.05) is 10.4 Å². The molecule has 0 atom stereocenters. The second-order valence-electron chi connectivity index (χ2n) is 2.74. The molecule has 76 valence electrons. The molecule has 0 radical (unpaired) electrons. The Labute approximate surface area is 93.8 Å². The van der Waals surface area contributed by atoms with Crippen LogP contribution in [0.2, 0.25) is 5.02 Å². The average molecular weight is 282 g/mol. The highest BCUT2D eigenvalue weighted by molar-refractivity contribution is 9.08. The summed E-state index contributed by atoms with van der Waals surface area (Å²) in [5, 5.41) is 9.04. The van der Waals surface area contributed by atoms with E-state index in [2.05, 4.69) is 15.9 Å². The van der Waals surface area contributed by atoms with Gasteiger partial charge < -0.3 is 5.11 Å². The highest BCUT2D eigenvalue weighted by Crippen LogP contribution is 2.22. The van der Waals surface area contributed by atoms with Gasteiger partial charge in [-0.1, -0.05) is 27.5 Å². The third-order valence-electron chi connectivity index (χ3n) is 1.70. The van der Waals surface area contributed by atoms with Gasteiger partial charge >= 0.3 is 5.97 Å². The van der Waals surface area contributed by atoms with Crippen molar-refractivity contribution in [2.24, 2.45) is 0 Å². The van der Waals surface area contributed by atoms with Crippen LogP contribution in [0, 0.1) is 5.82 Å². The second kappa shape index (κ2) is 4.75. The van der Waals surface area contributed by atoms with Crippen LogP contribution in [0.1, 0.15) is 11.1 Å². The number of benzene rings is 1. The fourth-order valence-corrected chi connectivity index (χ4v) is 1.69. The summed E-state index contributed by atoms with van der Waals surface area (Å²) in [5.74, 6) is -1.42. The number of halogens is 3. The molecule has 0 bridgehead atoms. The van der Waals surface area contributed by atoms with Crippen LogP contribution >= 0.6 is 27.5 Å². The molecule has 1 aromatic rings. The highest BCUT2D eigenvalue weighted by Gasteiger charge is 2.10. The first-order chi connectivity index (χ1) is 6.54. The van der Waals surface area contributed by atoms with E-state index in [9.17, 15) is 9.18 Å². The fourth-order valence-electron chi connectivity index (χ4n) is 1.05. The molecule has 0 aromatic heterocycles. The number of aliphatic carboxylic acids is 1. The number of carboxylic acid groups (broad SMARTS) is 1. The standard InChI is InChI=1S/C9H7BrClFO2/c10-4-6-1-5(2-9(13)14)7(11)3-8(6)12/h1,3H,2,4H2,(H,13,14). The van der Waals surface area contributed by atoms with Crippen molar-refractivity contribution < 1.29 is 14.3 Å². The summed E-state index contributed by atoms with van der Waals surface area (Å²) >= 11 is 8.79. The third kappa shape index (κ3) is 2.69. The number of hydrogen-bond acceptors (Lipinski definition) is 1. The van der Waals surface area contributed by atoms with E-state index in [4.69, 9.17) is 16.7 Å². The van der Waals surface area contributed by atoms with Crippen molar-refractivity contribution in [3.8, 4) is 0 Å². The maximum absolute atomic E-state index is 13.1. The molecule has 0 aliphatic heterocycles. The summed E-state index contributed by atoms with van der Waals surface area (Å²) in [6, 6.07) is 2.59. The van der Waals surface area contributed by atoms with E-state index in [1.165, 1.54) is 6.07 Å². The van der Waals surface area contributed by atoms with Crippen molar-refractivity contribution in [2.45, 2.75) is 11.8 Å². The van der Waals surface area contributed by atoms with E-state index in [1.54, 1.807) is 0 Å². The number of carboxylic acids is 1. The van der Waals surface area contributed by atoms with Crippen molar-refractivity contribution in [1.82, 2.24) is 0 Å². The van der Waals surface area contributed by atoms with Gasteiger partial charge in [0.05, 0.1) is 6.42 Å². The van der Waals surface area contributed by atoms with Crippen molar-refractivity contribution in [2.75, 3.05) is 0 Å². The molecular formula is C9H7BrClFO2. The van der Waals surface area contributed by atoms with Gasteiger partial charge in [0.15, 0.2) is 0 Å². The smallest absolute Gasteiger partial charge is 0.307 e. The molecule has 0 saturated carbocycles. The fraction of sp³-hybridized carbons (Fsp3) is 0.222. The van der Waals surface area contributed by atoms with Crippen molar-refractivity contribution in [3.05, 3.63) is 34.1 Å². The molecule has 0 aliphatic carbocycles. The summed E-state index contributed by atoms with van der Waals surface area (Å²) in [7, 11) is 0. The summed E-state index contributed by atoms with van der Waals surface area (Å²) < 4.78 is 13.1. The van der Waals surface area contributed by atoms with Crippen LogP contribution < -0.4 is 0 Å². The third-order valence-corrected chi connectivity index (χ3v) is 2.66. The Morgan fingerprint density at radius 2 is 2.14 bits per heavy atom. The molecule has 1 rings (SSSR count). The Hall–Kier alpha value is -0.610. The number of hydrogen-bond donors (Lipinski definition) is 1. The van der Waals surface area contributed by atoms with Crippen LogP contribution in [0.4, 0.5) is 4.39 Å². The molecule has 0 spiro atoms. The largest absolute Gasteiger partial charge is 0.481 e. The van der Waals surface area contributed by atoms with E-state index < -0.39 is 11.8 Å². The maximum atomic E-state index is 13.1. The lowest BCUT2D eigenvalue weighted by molar-refractivity contribution is -0.136. The second-order valence-corrected chi connectivity index (χ2v) is 3.71. The average Bonchev–Trinajstić information content (AvgIpc) is 2.09. The molecule has 0 saturated heterocycles. The van der Waals surface area contributed by atoms with Crippen LogP contribution in [-0.2, 0) is 16.5 Å². The molecule has 5 heteroatoms. The van der Waals surface area contributed by atoms with Gasteiger partial charge in [0.1, 0.15) is 5.82 Å². The molecule has 2 nitrogen and oxygen atoms in total. The van der Waals surface area contributed by atoms with E-state index >= 15 is 0 Å². The molecule has 0 fully saturated rings. The summed E-state index contributed by atoms with van der Waals surface area (Å²) in [5.41, 5.74) is 0.834. The first kappa shape index (κ1) is 11.5. The van der Waals surface area contributed by atoms with E-state index in [1.807, 2.05) is 0 Å². The van der Waals surface area contributed by atoms with E-state index in [0.29, 0.717) is 16.5 Å². The molecule has 14 heavy (non-hydrogen) atoms. The molecule has 0 heterocycles. The predicted octanol–water partition coefficient (Wildman–Crippen LogP) is 3.00. The minimum Gasteiger partial charge on any atom is -0.481 e. The van der Waals surface area contributed by atoms with Gasteiger partial charge in [-0.3, -0.25) is 4.79 Å². The Bertz CT molecular complexity index is 368. The molecular weight excluding hydrogens is 274 g/mol. The Morgan fingerprint density at radius 3 is 2.64 bits per heavy atom. The van der Waals surface area contributed by atoms with Gasteiger partial charge in [0.25, 0.3) is 0 Å². The SMILES string of the molecule is O=C(O)Cc1cc(CBr)c(F)cc1Cl. The van der Waals surface area contributed by atoms with Crippen LogP contribution in [-0.4, -0.2) is 11.1 Å². The molecule has 0 amide bonds. The highest BCUT2D eigenvalue weighted by atomic mass is 79.9. The predicted molar refractivity (Wildman–Crippen MR) is 55.4 cm³/mol. The maximum Gasteiger partial charge on any atom is 0.307 e. The minimum absolute atomic E-state index is 0.148. The van der Waals surface area contributed by atoms with E-state index in [0.717, 1.165) is 6.07 Å². The molecule has 1 N–H and O–H groups in total. The van der Waals surface area contributed by atoms with Gasteiger partial charge in [0.2, 0.25) is 0 Å².